The molecule has 6 nitrogen and oxygen atoms in total. The molecule has 1 saturated heterocycles. The van der Waals surface area contributed by atoms with Crippen LogP contribution in [0.15, 0.2) is 77.7 Å². The van der Waals surface area contributed by atoms with Gasteiger partial charge in [0.05, 0.1) is 18.6 Å². The lowest BCUT2D eigenvalue weighted by molar-refractivity contribution is -0.123. The largest absolute Gasteiger partial charge is 0.493 e. The number of rotatable bonds is 7. The zero-order valence-corrected chi connectivity index (χ0v) is 21.2. The van der Waals surface area contributed by atoms with Crippen LogP contribution in [0.25, 0.3) is 22.5 Å². The topological polar surface area (TPSA) is 60.8 Å². The summed E-state index contributed by atoms with van der Waals surface area (Å²) in [4.78, 5) is 27.3. The second-order valence-corrected chi connectivity index (χ2v) is 9.52. The number of fused-ring (bicyclic) bond motifs is 1. The van der Waals surface area contributed by atoms with Crippen LogP contribution < -0.4 is 9.47 Å². The number of aryl methyl sites for hydroxylation is 1. The summed E-state index contributed by atoms with van der Waals surface area (Å²) in [5.74, 6) is 0.876. The average Bonchev–Trinajstić information content (AvgIpc) is 3.32. The highest BCUT2D eigenvalue weighted by Gasteiger charge is 2.35. The highest BCUT2D eigenvalue weighted by atomic mass is 32.2. The average molecular weight is 499 g/mol. The molecule has 36 heavy (non-hydrogen) atoms. The number of ether oxygens (including phenoxy) is 2. The number of thioether (sulfide) groups is 1. The molecule has 0 radical (unpaired) electrons. The van der Waals surface area contributed by atoms with Gasteiger partial charge in [0.2, 0.25) is 0 Å². The number of nitrogens with zero attached hydrogens (tertiary/aromatic N) is 2. The molecule has 0 N–H and O–H groups in total. The van der Waals surface area contributed by atoms with Crippen LogP contribution in [-0.4, -0.2) is 40.9 Å². The molecule has 0 unspecified atom stereocenters. The van der Waals surface area contributed by atoms with Crippen molar-refractivity contribution in [2.24, 2.45) is 0 Å². The SMILES string of the molecule is COc1ccccc1OCCN1C(=O)S/C(=C\c2cc(C)n(-c3ccc4ccccc4c3)c2C)C1=O. The normalized spacial score (nSPS) is 14.8. The molecular formula is C29H26N2O4S. The quantitative estimate of drug-likeness (QED) is 0.277. The van der Waals surface area contributed by atoms with E-state index in [2.05, 4.69) is 34.9 Å². The van der Waals surface area contributed by atoms with E-state index < -0.39 is 0 Å². The van der Waals surface area contributed by atoms with E-state index in [9.17, 15) is 9.59 Å². The van der Waals surface area contributed by atoms with Gasteiger partial charge in [0.15, 0.2) is 11.5 Å². The van der Waals surface area contributed by atoms with Crippen LogP contribution in [0, 0.1) is 13.8 Å². The number of carbonyl (C=O) groups is 2. The van der Waals surface area contributed by atoms with E-state index in [-0.39, 0.29) is 24.3 Å². The van der Waals surface area contributed by atoms with E-state index in [1.807, 2.05) is 50.3 Å². The number of carbonyl (C=O) groups excluding carboxylic acids is 2. The Labute approximate surface area is 214 Å². The lowest BCUT2D eigenvalue weighted by Gasteiger charge is -2.14. The molecule has 4 aromatic rings. The number of benzene rings is 3. The summed E-state index contributed by atoms with van der Waals surface area (Å²) in [7, 11) is 1.57. The van der Waals surface area contributed by atoms with Crippen molar-refractivity contribution >= 4 is 39.8 Å². The van der Waals surface area contributed by atoms with Crippen LogP contribution >= 0.6 is 11.8 Å². The molecule has 0 spiro atoms. The number of methoxy groups -OCH3 is 1. The van der Waals surface area contributed by atoms with Crippen molar-refractivity contribution in [3.8, 4) is 17.2 Å². The molecule has 1 aliphatic rings. The molecule has 7 heteroatoms. The Morgan fingerprint density at radius 3 is 2.39 bits per heavy atom. The maximum atomic E-state index is 13.0. The van der Waals surface area contributed by atoms with Crippen molar-refractivity contribution in [3.05, 3.63) is 94.7 Å². The highest BCUT2D eigenvalue weighted by Crippen LogP contribution is 2.34. The monoisotopic (exact) mass is 498 g/mol. The van der Waals surface area contributed by atoms with Crippen molar-refractivity contribution in [1.29, 1.82) is 0 Å². The first-order chi connectivity index (χ1) is 17.5. The molecule has 3 aromatic carbocycles. The number of imide groups is 1. The van der Waals surface area contributed by atoms with Gasteiger partial charge in [0.25, 0.3) is 11.1 Å². The van der Waals surface area contributed by atoms with Gasteiger partial charge in [0, 0.05) is 17.1 Å². The van der Waals surface area contributed by atoms with Gasteiger partial charge in [-0.3, -0.25) is 14.5 Å². The number of hydrogen-bond donors (Lipinski definition) is 0. The van der Waals surface area contributed by atoms with E-state index >= 15 is 0 Å². The van der Waals surface area contributed by atoms with E-state index in [1.165, 1.54) is 15.7 Å². The van der Waals surface area contributed by atoms with Gasteiger partial charge in [-0.25, -0.2) is 0 Å². The number of amides is 2. The maximum Gasteiger partial charge on any atom is 0.293 e. The number of para-hydroxylation sites is 2. The number of aromatic nitrogens is 1. The molecule has 1 aromatic heterocycles. The summed E-state index contributed by atoms with van der Waals surface area (Å²) in [6.07, 6.45) is 1.81. The first-order valence-electron chi connectivity index (χ1n) is 11.7. The first kappa shape index (κ1) is 23.8. The van der Waals surface area contributed by atoms with Crippen LogP contribution in [0.1, 0.15) is 17.0 Å². The smallest absolute Gasteiger partial charge is 0.293 e. The van der Waals surface area contributed by atoms with Crippen molar-refractivity contribution in [3.63, 3.8) is 0 Å². The van der Waals surface area contributed by atoms with E-state index in [0.717, 1.165) is 34.4 Å². The van der Waals surface area contributed by atoms with Crippen molar-refractivity contribution in [2.75, 3.05) is 20.3 Å². The molecule has 0 atom stereocenters. The molecule has 0 saturated carbocycles. The molecule has 5 rings (SSSR count). The lowest BCUT2D eigenvalue weighted by Crippen LogP contribution is -2.32. The second kappa shape index (κ2) is 9.95. The Hall–Kier alpha value is -3.97. The Bertz CT molecular complexity index is 1500. The molecule has 1 fully saturated rings. The molecule has 2 heterocycles. The summed E-state index contributed by atoms with van der Waals surface area (Å²) < 4.78 is 13.2. The van der Waals surface area contributed by atoms with Crippen LogP contribution in [0.2, 0.25) is 0 Å². The van der Waals surface area contributed by atoms with Gasteiger partial charge < -0.3 is 14.0 Å². The fraction of sp³-hybridized carbons (Fsp3) is 0.172. The second-order valence-electron chi connectivity index (χ2n) is 8.53. The zero-order chi connectivity index (χ0) is 25.2. The minimum atomic E-state index is -0.302. The molecule has 182 valence electrons. The minimum Gasteiger partial charge on any atom is -0.493 e. The Morgan fingerprint density at radius 2 is 1.61 bits per heavy atom. The predicted octanol–water partition coefficient (Wildman–Crippen LogP) is 6.37. The Kier molecular flexibility index (Phi) is 6.57. The van der Waals surface area contributed by atoms with Crippen LogP contribution in [-0.2, 0) is 4.79 Å². The summed E-state index contributed by atoms with van der Waals surface area (Å²) in [5.41, 5.74) is 4.04. The van der Waals surface area contributed by atoms with Crippen LogP contribution in [0.5, 0.6) is 11.5 Å². The fourth-order valence-electron chi connectivity index (χ4n) is 4.47. The van der Waals surface area contributed by atoms with E-state index in [0.29, 0.717) is 16.4 Å². The lowest BCUT2D eigenvalue weighted by atomic mass is 10.1. The molecule has 2 amide bonds. The van der Waals surface area contributed by atoms with Crippen LogP contribution in [0.3, 0.4) is 0 Å². The summed E-state index contributed by atoms with van der Waals surface area (Å²) >= 11 is 0.961. The van der Waals surface area contributed by atoms with Crippen molar-refractivity contribution in [2.45, 2.75) is 13.8 Å². The highest BCUT2D eigenvalue weighted by molar-refractivity contribution is 8.18. The summed E-state index contributed by atoms with van der Waals surface area (Å²) in [6.45, 7) is 4.41. The molecular weight excluding hydrogens is 472 g/mol. The molecule has 1 aliphatic heterocycles. The predicted molar refractivity (Wildman–Crippen MR) is 144 cm³/mol. The van der Waals surface area contributed by atoms with Crippen molar-refractivity contribution in [1.82, 2.24) is 9.47 Å². The summed E-state index contributed by atoms with van der Waals surface area (Å²) in [5, 5.41) is 2.06. The van der Waals surface area contributed by atoms with E-state index in [4.69, 9.17) is 9.47 Å². The molecule has 0 bridgehead atoms. The van der Waals surface area contributed by atoms with Gasteiger partial charge in [-0.1, -0.05) is 42.5 Å². The van der Waals surface area contributed by atoms with Gasteiger partial charge in [0.1, 0.15) is 6.61 Å². The fourth-order valence-corrected chi connectivity index (χ4v) is 5.32. The van der Waals surface area contributed by atoms with Crippen LogP contribution in [0.4, 0.5) is 4.79 Å². The zero-order valence-electron chi connectivity index (χ0n) is 20.4. The maximum absolute atomic E-state index is 13.0. The van der Waals surface area contributed by atoms with Gasteiger partial charge in [-0.15, -0.1) is 0 Å². The molecule has 0 aliphatic carbocycles. The third-order valence-corrected chi connectivity index (χ3v) is 7.17. The minimum absolute atomic E-state index is 0.163. The van der Waals surface area contributed by atoms with Gasteiger partial charge in [-0.2, -0.15) is 0 Å². The Balaban J connectivity index is 1.34. The third kappa shape index (κ3) is 4.50. The first-order valence-corrected chi connectivity index (χ1v) is 12.5. The number of hydrogen-bond acceptors (Lipinski definition) is 5. The van der Waals surface area contributed by atoms with Crippen molar-refractivity contribution < 1.29 is 19.1 Å². The van der Waals surface area contributed by atoms with Gasteiger partial charge in [-0.05, 0) is 78.4 Å². The Morgan fingerprint density at radius 1 is 0.889 bits per heavy atom. The summed E-state index contributed by atoms with van der Waals surface area (Å²) in [6, 6.07) is 24.0. The van der Waals surface area contributed by atoms with Gasteiger partial charge >= 0.3 is 0 Å². The van der Waals surface area contributed by atoms with E-state index in [1.54, 1.807) is 19.2 Å². The standard InChI is InChI=1S/C29H26N2O4S/c1-19-16-23(20(2)31(19)24-13-12-21-8-4-5-9-22(21)17-24)18-27-28(32)30(29(33)36-27)14-15-35-26-11-7-6-10-25(26)34-3/h4-13,16-18H,14-15H2,1-3H3/b27-18-. The third-order valence-electron chi connectivity index (χ3n) is 6.26.